The van der Waals surface area contributed by atoms with Crippen LogP contribution in [0.3, 0.4) is 0 Å². The van der Waals surface area contributed by atoms with E-state index in [0.29, 0.717) is 16.0 Å². The summed E-state index contributed by atoms with van der Waals surface area (Å²) < 4.78 is 0.524. The number of H-pyrrole nitrogens is 1. The topological polar surface area (TPSA) is 109 Å². The van der Waals surface area contributed by atoms with Crippen molar-refractivity contribution in [2.45, 2.75) is 6.54 Å². The monoisotopic (exact) mass is 378 g/mol. The highest BCUT2D eigenvalue weighted by atomic mass is 35.5. The molecule has 0 unspecified atom stereocenters. The maximum absolute atomic E-state index is 12.5. The molecule has 0 aliphatic heterocycles. The number of hydrogen-bond donors (Lipinski definition) is 1. The zero-order valence-electron chi connectivity index (χ0n) is 12.9. The quantitative estimate of drug-likeness (QED) is 0.554. The number of amides is 1. The van der Waals surface area contributed by atoms with E-state index in [-0.39, 0.29) is 28.4 Å². The van der Waals surface area contributed by atoms with Crippen molar-refractivity contribution in [2.75, 3.05) is 7.05 Å². The summed E-state index contributed by atoms with van der Waals surface area (Å²) in [4.78, 5) is 42.9. The van der Waals surface area contributed by atoms with E-state index in [0.717, 1.165) is 6.07 Å². The fourth-order valence-electron chi connectivity index (χ4n) is 2.29. The van der Waals surface area contributed by atoms with Crippen LogP contribution in [0.25, 0.3) is 10.2 Å². The van der Waals surface area contributed by atoms with Gasteiger partial charge in [0.05, 0.1) is 27.6 Å². The normalized spacial score (nSPS) is 10.8. The number of aromatic amines is 1. The summed E-state index contributed by atoms with van der Waals surface area (Å²) in [6, 6.07) is 5.37. The predicted molar refractivity (Wildman–Crippen MR) is 94.1 cm³/mol. The number of nitro groups is 1. The van der Waals surface area contributed by atoms with Gasteiger partial charge in [0.15, 0.2) is 0 Å². The Hall–Kier alpha value is -2.78. The fourth-order valence-corrected chi connectivity index (χ4v) is 3.27. The number of non-ortho nitro benzene ring substituents is 1. The minimum Gasteiger partial charge on any atom is -0.334 e. The molecule has 25 heavy (non-hydrogen) atoms. The number of aromatic nitrogens is 2. The average Bonchev–Trinajstić information content (AvgIpc) is 3.03. The molecule has 8 nitrogen and oxygen atoms in total. The number of halogens is 1. The molecule has 0 aliphatic rings. The number of thiophene rings is 1. The number of nitrogens with zero attached hydrogens (tertiary/aromatic N) is 3. The molecule has 0 saturated heterocycles. The first-order valence-corrected chi connectivity index (χ1v) is 8.28. The van der Waals surface area contributed by atoms with Crippen molar-refractivity contribution in [2.24, 2.45) is 0 Å². The molecule has 10 heteroatoms. The van der Waals surface area contributed by atoms with Crippen LogP contribution in [-0.2, 0) is 6.54 Å². The van der Waals surface area contributed by atoms with Gasteiger partial charge in [-0.05, 0) is 17.5 Å². The summed E-state index contributed by atoms with van der Waals surface area (Å²) in [6.45, 7) is 0.0627. The number of nitro benzene ring substituents is 1. The van der Waals surface area contributed by atoms with E-state index < -0.39 is 10.8 Å². The Balaban J connectivity index is 1.84. The van der Waals surface area contributed by atoms with Crippen molar-refractivity contribution in [3.8, 4) is 0 Å². The van der Waals surface area contributed by atoms with E-state index >= 15 is 0 Å². The Kier molecular flexibility index (Phi) is 4.51. The Morgan fingerprint density at radius 3 is 2.88 bits per heavy atom. The Morgan fingerprint density at radius 1 is 1.44 bits per heavy atom. The molecular weight excluding hydrogens is 368 g/mol. The van der Waals surface area contributed by atoms with Crippen LogP contribution in [0.4, 0.5) is 5.69 Å². The smallest absolute Gasteiger partial charge is 0.270 e. The molecular formula is C15H11ClN4O4S. The van der Waals surface area contributed by atoms with Crippen LogP contribution in [0.15, 0.2) is 34.4 Å². The number of hydrogen-bond acceptors (Lipinski definition) is 6. The van der Waals surface area contributed by atoms with Crippen molar-refractivity contribution in [3.05, 3.63) is 66.5 Å². The Morgan fingerprint density at radius 2 is 2.20 bits per heavy atom. The highest BCUT2D eigenvalue weighted by Gasteiger charge is 2.19. The lowest BCUT2D eigenvalue weighted by molar-refractivity contribution is -0.384. The standard InChI is InChI=1S/C15H11ClN4O4S/c1-19(7-12-17-11-4-5-25-13(11)14(21)18-12)15(22)9-3-2-8(20(23)24)6-10(9)16/h2-6H,7H2,1H3,(H,17,18,21). The molecule has 0 bridgehead atoms. The maximum atomic E-state index is 12.5. The Bertz CT molecular complexity index is 1050. The predicted octanol–water partition coefficient (Wildman–Crippen LogP) is 2.82. The van der Waals surface area contributed by atoms with Crippen LogP contribution in [-0.4, -0.2) is 32.7 Å². The largest absolute Gasteiger partial charge is 0.334 e. The average molecular weight is 379 g/mol. The van der Waals surface area contributed by atoms with Crippen molar-refractivity contribution >= 4 is 44.7 Å². The maximum Gasteiger partial charge on any atom is 0.270 e. The van der Waals surface area contributed by atoms with Gasteiger partial charge in [-0.15, -0.1) is 11.3 Å². The molecule has 0 radical (unpaired) electrons. The third-order valence-electron chi connectivity index (χ3n) is 3.49. The second kappa shape index (κ2) is 6.61. The van der Waals surface area contributed by atoms with E-state index in [1.807, 2.05) is 0 Å². The molecule has 0 atom stereocenters. The van der Waals surface area contributed by atoms with E-state index in [1.54, 1.807) is 11.4 Å². The van der Waals surface area contributed by atoms with Gasteiger partial charge in [-0.1, -0.05) is 11.6 Å². The van der Waals surface area contributed by atoms with Crippen LogP contribution in [0.2, 0.25) is 5.02 Å². The lowest BCUT2D eigenvalue weighted by atomic mass is 10.2. The van der Waals surface area contributed by atoms with Crippen LogP contribution in [0, 0.1) is 10.1 Å². The van der Waals surface area contributed by atoms with E-state index in [4.69, 9.17) is 11.6 Å². The second-order valence-electron chi connectivity index (χ2n) is 5.23. The van der Waals surface area contributed by atoms with Crippen LogP contribution in [0.1, 0.15) is 16.2 Å². The summed E-state index contributed by atoms with van der Waals surface area (Å²) in [5, 5.41) is 12.5. The first kappa shape index (κ1) is 17.1. The summed E-state index contributed by atoms with van der Waals surface area (Å²) in [7, 11) is 1.53. The van der Waals surface area contributed by atoms with E-state index in [1.165, 1.54) is 35.4 Å². The van der Waals surface area contributed by atoms with Gasteiger partial charge in [-0.2, -0.15) is 0 Å². The zero-order chi connectivity index (χ0) is 18.1. The molecule has 3 rings (SSSR count). The molecule has 1 amide bonds. The van der Waals surface area contributed by atoms with Gasteiger partial charge in [0, 0.05) is 19.2 Å². The van der Waals surface area contributed by atoms with Crippen molar-refractivity contribution in [3.63, 3.8) is 0 Å². The first-order valence-electron chi connectivity index (χ1n) is 7.02. The molecule has 0 saturated carbocycles. The van der Waals surface area contributed by atoms with Gasteiger partial charge >= 0.3 is 0 Å². The fraction of sp³-hybridized carbons (Fsp3) is 0.133. The van der Waals surface area contributed by atoms with Gasteiger partial charge in [0.25, 0.3) is 17.2 Å². The molecule has 2 heterocycles. The number of carbonyl (C=O) groups is 1. The minimum atomic E-state index is -0.589. The van der Waals surface area contributed by atoms with Crippen molar-refractivity contribution in [1.82, 2.24) is 14.9 Å². The number of rotatable bonds is 4. The van der Waals surface area contributed by atoms with Gasteiger partial charge in [-0.25, -0.2) is 4.98 Å². The van der Waals surface area contributed by atoms with Crippen LogP contribution < -0.4 is 5.56 Å². The molecule has 0 fully saturated rings. The van der Waals surface area contributed by atoms with E-state index in [2.05, 4.69) is 9.97 Å². The molecule has 1 N–H and O–H groups in total. The summed E-state index contributed by atoms with van der Waals surface area (Å²) >= 11 is 7.27. The van der Waals surface area contributed by atoms with Crippen molar-refractivity contribution < 1.29 is 9.72 Å². The van der Waals surface area contributed by atoms with Crippen LogP contribution in [0.5, 0.6) is 0 Å². The van der Waals surface area contributed by atoms with Gasteiger partial charge in [-0.3, -0.25) is 19.7 Å². The summed E-state index contributed by atoms with van der Waals surface area (Å²) in [6.07, 6.45) is 0. The third-order valence-corrected chi connectivity index (χ3v) is 4.71. The molecule has 128 valence electrons. The minimum absolute atomic E-state index is 0.0132. The summed E-state index contributed by atoms with van der Waals surface area (Å²) in [5.41, 5.74) is 0.244. The Labute approximate surface area is 149 Å². The van der Waals surface area contributed by atoms with Crippen molar-refractivity contribution in [1.29, 1.82) is 0 Å². The lowest BCUT2D eigenvalue weighted by Crippen LogP contribution is -2.28. The van der Waals surface area contributed by atoms with E-state index in [9.17, 15) is 19.7 Å². The number of fused-ring (bicyclic) bond motifs is 1. The highest BCUT2D eigenvalue weighted by Crippen LogP contribution is 2.24. The molecule has 1 aromatic carbocycles. The molecule has 2 aromatic heterocycles. The van der Waals surface area contributed by atoms with Gasteiger partial charge < -0.3 is 9.88 Å². The molecule has 0 aliphatic carbocycles. The second-order valence-corrected chi connectivity index (χ2v) is 6.55. The van der Waals surface area contributed by atoms with Gasteiger partial charge in [0.2, 0.25) is 0 Å². The lowest BCUT2D eigenvalue weighted by Gasteiger charge is -2.17. The van der Waals surface area contributed by atoms with Crippen LogP contribution >= 0.6 is 22.9 Å². The first-order chi connectivity index (χ1) is 11.9. The highest BCUT2D eigenvalue weighted by molar-refractivity contribution is 7.17. The molecule has 3 aromatic rings. The molecule has 0 spiro atoms. The summed E-state index contributed by atoms with van der Waals surface area (Å²) in [5.74, 6) is -0.0993. The zero-order valence-corrected chi connectivity index (χ0v) is 14.4. The number of nitrogens with one attached hydrogen (secondary N) is 1. The number of benzene rings is 1. The number of carbonyl (C=O) groups excluding carboxylic acids is 1. The van der Waals surface area contributed by atoms with Gasteiger partial charge in [0.1, 0.15) is 10.5 Å². The SMILES string of the molecule is CN(Cc1nc2ccsc2c(=O)[nH]1)C(=O)c1ccc([N+](=O)[O-])cc1Cl. The third kappa shape index (κ3) is 3.37.